The summed E-state index contributed by atoms with van der Waals surface area (Å²) in [6, 6.07) is 12.3. The lowest BCUT2D eigenvalue weighted by atomic mass is 10.1. The maximum atomic E-state index is 12.9. The number of aromatic amines is 1. The number of pyridine rings is 2. The Balaban J connectivity index is 0.000000179. The minimum atomic E-state index is -0.219. The minimum absolute atomic E-state index is 0.219. The largest absolute Gasteiger partial charge is 0.352 e. The summed E-state index contributed by atoms with van der Waals surface area (Å²) < 4.78 is 12.9. The molecule has 156 valence electrons. The molecule has 0 saturated carbocycles. The third-order valence-corrected chi connectivity index (χ3v) is 4.39. The maximum Gasteiger partial charge on any atom is 0.123 e. The van der Waals surface area contributed by atoms with E-state index < -0.39 is 0 Å². The van der Waals surface area contributed by atoms with Crippen molar-refractivity contribution in [2.24, 2.45) is 0 Å². The van der Waals surface area contributed by atoms with Crippen molar-refractivity contribution in [2.75, 3.05) is 5.32 Å². The third kappa shape index (κ3) is 5.96. The topological polar surface area (TPSA) is 66.5 Å². The van der Waals surface area contributed by atoms with Crippen LogP contribution in [0.4, 0.5) is 10.1 Å². The van der Waals surface area contributed by atoms with E-state index in [0.717, 1.165) is 44.9 Å². The number of benzene rings is 1. The maximum absolute atomic E-state index is 12.9. The molecule has 0 radical (unpaired) electrons. The first-order valence-electron chi connectivity index (χ1n) is 9.67. The van der Waals surface area contributed by atoms with Gasteiger partial charge in [-0.3, -0.25) is 15.1 Å². The predicted octanol–water partition coefficient (Wildman–Crippen LogP) is 6.12. The average Bonchev–Trinajstić information content (AvgIpc) is 3.23. The number of rotatable bonds is 5. The van der Waals surface area contributed by atoms with E-state index in [4.69, 9.17) is 0 Å². The van der Waals surface area contributed by atoms with Gasteiger partial charge in [0.2, 0.25) is 0 Å². The Labute approximate surface area is 181 Å². The second-order valence-electron chi connectivity index (χ2n) is 7.05. The number of hydrogen-bond donors (Lipinski definition) is 2. The van der Waals surface area contributed by atoms with Crippen LogP contribution in [0.5, 0.6) is 0 Å². The second kappa shape index (κ2) is 10.1. The first-order valence-corrected chi connectivity index (χ1v) is 9.67. The molecular formula is C25H24FN5. The van der Waals surface area contributed by atoms with E-state index in [1.807, 2.05) is 38.1 Å². The van der Waals surface area contributed by atoms with Gasteiger partial charge in [0.25, 0.3) is 0 Å². The van der Waals surface area contributed by atoms with Gasteiger partial charge in [0.05, 0.1) is 17.6 Å². The predicted molar refractivity (Wildman–Crippen MR) is 125 cm³/mol. The fourth-order valence-corrected chi connectivity index (χ4v) is 2.86. The molecule has 6 heteroatoms. The molecule has 0 atom stereocenters. The fraction of sp³-hybridized carbons (Fsp3) is 0.0800. The van der Waals surface area contributed by atoms with E-state index >= 15 is 0 Å². The van der Waals surface area contributed by atoms with Crippen molar-refractivity contribution in [1.29, 1.82) is 0 Å². The number of H-pyrrole nitrogens is 1. The summed E-state index contributed by atoms with van der Waals surface area (Å²) in [4.78, 5) is 8.12. The van der Waals surface area contributed by atoms with Crippen molar-refractivity contribution in [3.05, 3.63) is 109 Å². The highest BCUT2D eigenvalue weighted by Crippen LogP contribution is 2.23. The molecule has 0 aliphatic carbocycles. The Bertz CT molecular complexity index is 1140. The zero-order valence-corrected chi connectivity index (χ0v) is 17.6. The van der Waals surface area contributed by atoms with Crippen molar-refractivity contribution in [2.45, 2.75) is 13.8 Å². The SMILES string of the molecule is C=C(Nc1cn[nH]c1C(=C)C)c1cccnc1.Cc1cncc(-c2cccc(F)c2)c1. The minimum Gasteiger partial charge on any atom is -0.352 e. The molecule has 0 aliphatic heterocycles. The average molecular weight is 414 g/mol. The molecule has 3 heterocycles. The molecule has 4 aromatic rings. The van der Waals surface area contributed by atoms with Crippen LogP contribution in [0.2, 0.25) is 0 Å². The normalized spacial score (nSPS) is 10.0. The molecule has 0 aliphatic rings. The Morgan fingerprint density at radius 3 is 2.48 bits per heavy atom. The molecule has 0 unspecified atom stereocenters. The van der Waals surface area contributed by atoms with Crippen molar-refractivity contribution in [3.8, 4) is 11.1 Å². The highest BCUT2D eigenvalue weighted by molar-refractivity contribution is 5.80. The van der Waals surface area contributed by atoms with Crippen LogP contribution in [0.3, 0.4) is 0 Å². The lowest BCUT2D eigenvalue weighted by Crippen LogP contribution is -1.98. The second-order valence-corrected chi connectivity index (χ2v) is 7.05. The molecule has 0 amide bonds. The van der Waals surface area contributed by atoms with Crippen LogP contribution in [-0.2, 0) is 0 Å². The summed E-state index contributed by atoms with van der Waals surface area (Å²) in [6.07, 6.45) is 8.72. The standard InChI is InChI=1S/C13H14N4.C12H10FN/c1-9(2)13-12(8-15-17-13)16-10(3)11-5-4-6-14-7-11;1-9-5-11(8-14-7-9)10-3-2-4-12(13)6-10/h4-8,16H,1,3H2,2H3,(H,15,17);2-8H,1H3. The van der Waals surface area contributed by atoms with Crippen molar-refractivity contribution >= 4 is 17.0 Å². The molecular weight excluding hydrogens is 389 g/mol. The van der Waals surface area contributed by atoms with Gasteiger partial charge in [-0.05, 0) is 60.9 Å². The van der Waals surface area contributed by atoms with Crippen LogP contribution in [-0.4, -0.2) is 20.2 Å². The van der Waals surface area contributed by atoms with Gasteiger partial charge < -0.3 is 5.32 Å². The summed E-state index contributed by atoms with van der Waals surface area (Å²) in [7, 11) is 0. The smallest absolute Gasteiger partial charge is 0.123 e. The van der Waals surface area contributed by atoms with Gasteiger partial charge in [0.15, 0.2) is 0 Å². The van der Waals surface area contributed by atoms with Crippen molar-refractivity contribution in [3.63, 3.8) is 0 Å². The number of halogens is 1. The first-order chi connectivity index (χ1) is 14.9. The van der Waals surface area contributed by atoms with E-state index in [9.17, 15) is 4.39 Å². The zero-order valence-electron chi connectivity index (χ0n) is 17.6. The van der Waals surface area contributed by atoms with Gasteiger partial charge in [0.1, 0.15) is 5.82 Å². The fourth-order valence-electron chi connectivity index (χ4n) is 2.86. The van der Waals surface area contributed by atoms with Crippen LogP contribution in [0.15, 0.2) is 86.6 Å². The molecule has 0 spiro atoms. The number of hydrogen-bond acceptors (Lipinski definition) is 4. The van der Waals surface area contributed by atoms with Crippen molar-refractivity contribution < 1.29 is 4.39 Å². The first kappa shape index (κ1) is 21.6. The molecule has 3 aromatic heterocycles. The highest BCUT2D eigenvalue weighted by atomic mass is 19.1. The number of anilines is 1. The number of nitrogens with zero attached hydrogens (tertiary/aromatic N) is 3. The number of aryl methyl sites for hydroxylation is 1. The molecule has 31 heavy (non-hydrogen) atoms. The Morgan fingerprint density at radius 2 is 1.81 bits per heavy atom. The lowest BCUT2D eigenvalue weighted by molar-refractivity contribution is 0.628. The monoisotopic (exact) mass is 413 g/mol. The molecule has 2 N–H and O–H groups in total. The quantitative estimate of drug-likeness (QED) is 0.414. The van der Waals surface area contributed by atoms with E-state index in [2.05, 4.69) is 38.6 Å². The summed E-state index contributed by atoms with van der Waals surface area (Å²) in [5.74, 6) is -0.219. The van der Waals surface area contributed by atoms with Gasteiger partial charge in [-0.25, -0.2) is 4.39 Å². The molecule has 0 saturated heterocycles. The van der Waals surface area contributed by atoms with Gasteiger partial charge in [-0.1, -0.05) is 25.3 Å². The van der Waals surface area contributed by atoms with E-state index in [1.54, 1.807) is 37.1 Å². The Morgan fingerprint density at radius 1 is 0.968 bits per heavy atom. The molecule has 0 fully saturated rings. The van der Waals surface area contributed by atoms with E-state index in [-0.39, 0.29) is 5.82 Å². The Kier molecular flexibility index (Phi) is 7.06. The summed E-state index contributed by atoms with van der Waals surface area (Å²) in [6.45, 7) is 11.8. The van der Waals surface area contributed by atoms with E-state index in [0.29, 0.717) is 0 Å². The third-order valence-electron chi connectivity index (χ3n) is 4.39. The number of aromatic nitrogens is 4. The van der Waals surface area contributed by atoms with Crippen LogP contribution < -0.4 is 5.32 Å². The van der Waals surface area contributed by atoms with Crippen LogP contribution >= 0.6 is 0 Å². The summed E-state index contributed by atoms with van der Waals surface area (Å²) >= 11 is 0. The molecule has 5 nitrogen and oxygen atoms in total. The van der Waals surface area contributed by atoms with Crippen LogP contribution in [0.25, 0.3) is 22.4 Å². The van der Waals surface area contributed by atoms with E-state index in [1.165, 1.54) is 12.1 Å². The van der Waals surface area contributed by atoms with Gasteiger partial charge in [-0.2, -0.15) is 5.10 Å². The lowest BCUT2D eigenvalue weighted by Gasteiger charge is -2.09. The summed E-state index contributed by atoms with van der Waals surface area (Å²) in [5.41, 5.74) is 7.28. The zero-order chi connectivity index (χ0) is 22.2. The number of nitrogens with one attached hydrogen (secondary N) is 2. The van der Waals surface area contributed by atoms with Crippen LogP contribution in [0, 0.1) is 12.7 Å². The molecule has 0 bridgehead atoms. The van der Waals surface area contributed by atoms with Crippen LogP contribution in [0.1, 0.15) is 23.7 Å². The van der Waals surface area contributed by atoms with Gasteiger partial charge in [-0.15, -0.1) is 0 Å². The van der Waals surface area contributed by atoms with Crippen molar-refractivity contribution in [1.82, 2.24) is 20.2 Å². The summed E-state index contributed by atoms with van der Waals surface area (Å²) in [5, 5.41) is 10.1. The number of allylic oxidation sites excluding steroid dienone is 1. The van der Waals surface area contributed by atoms with Gasteiger partial charge in [0, 0.05) is 41.6 Å². The molecule has 1 aromatic carbocycles. The Hall–Kier alpha value is -4.06. The highest BCUT2D eigenvalue weighted by Gasteiger charge is 2.07. The molecule has 4 rings (SSSR count). The van der Waals surface area contributed by atoms with Gasteiger partial charge >= 0.3 is 0 Å².